The first kappa shape index (κ1) is 38.6. The van der Waals surface area contributed by atoms with Crippen LogP contribution in [0.1, 0.15) is 74.4 Å². The molecule has 1 aliphatic carbocycles. The van der Waals surface area contributed by atoms with E-state index in [4.69, 9.17) is 0 Å². The summed E-state index contributed by atoms with van der Waals surface area (Å²) < 4.78 is 0. The molecule has 8 aromatic carbocycles. The molecule has 0 radical (unpaired) electrons. The summed E-state index contributed by atoms with van der Waals surface area (Å²) >= 11 is 0. The van der Waals surface area contributed by atoms with Crippen molar-refractivity contribution in [1.82, 2.24) is 0 Å². The summed E-state index contributed by atoms with van der Waals surface area (Å²) in [7, 11) is 0. The van der Waals surface area contributed by atoms with Gasteiger partial charge in [0.15, 0.2) is 0 Å². The number of hydrogen-bond acceptors (Lipinski definition) is 2. The monoisotopic (exact) mass is 720 g/mol. The van der Waals surface area contributed by atoms with Crippen LogP contribution in [-0.2, 0) is 11.8 Å². The average Bonchev–Trinajstić information content (AvgIpc) is 3.53. The van der Waals surface area contributed by atoms with Crippen LogP contribution in [0.5, 0.6) is 11.5 Å². The topological polar surface area (TPSA) is 40.5 Å². The van der Waals surface area contributed by atoms with E-state index in [2.05, 4.69) is 161 Å². The van der Waals surface area contributed by atoms with Crippen molar-refractivity contribution in [2.45, 2.75) is 59.8 Å². The van der Waals surface area contributed by atoms with Gasteiger partial charge in [-0.15, -0.1) is 0 Å². The maximum Gasteiger partial charge on any atom is 0.116 e. The maximum absolute atomic E-state index is 10.0. The fourth-order valence-corrected chi connectivity index (χ4v) is 7.64. The van der Waals surface area contributed by atoms with Crippen molar-refractivity contribution in [3.05, 3.63) is 203 Å². The van der Waals surface area contributed by atoms with Crippen molar-refractivity contribution in [2.24, 2.45) is 0 Å². The van der Waals surface area contributed by atoms with Crippen molar-refractivity contribution in [3.63, 3.8) is 0 Å². The molecular weight excluding hydrogens is 669 g/mol. The molecule has 2 N–H and O–H groups in total. The Labute approximate surface area is 327 Å². The third kappa shape index (κ3) is 7.77. The fourth-order valence-electron chi connectivity index (χ4n) is 7.64. The number of rotatable bonds is 4. The van der Waals surface area contributed by atoms with Crippen molar-refractivity contribution >= 4 is 21.5 Å². The van der Waals surface area contributed by atoms with Crippen LogP contribution in [-0.4, -0.2) is 10.2 Å². The molecule has 0 unspecified atom stereocenters. The molecule has 0 saturated heterocycles. The van der Waals surface area contributed by atoms with Gasteiger partial charge in [0.2, 0.25) is 0 Å². The van der Waals surface area contributed by atoms with Gasteiger partial charge >= 0.3 is 0 Å². The minimum Gasteiger partial charge on any atom is -0.508 e. The van der Waals surface area contributed by atoms with E-state index >= 15 is 0 Å². The van der Waals surface area contributed by atoms with Crippen LogP contribution < -0.4 is 0 Å². The smallest absolute Gasteiger partial charge is 0.116 e. The number of aromatic hydroxyl groups is 2. The van der Waals surface area contributed by atoms with E-state index in [1.807, 2.05) is 38.1 Å². The molecule has 0 fully saturated rings. The highest BCUT2D eigenvalue weighted by atomic mass is 16.3. The molecule has 1 aliphatic rings. The highest BCUT2D eigenvalue weighted by molar-refractivity contribution is 5.92. The molecule has 8 aromatic rings. The summed E-state index contributed by atoms with van der Waals surface area (Å²) in [6, 6.07) is 59.1. The molecule has 276 valence electrons. The second kappa shape index (κ2) is 17.3. The second-order valence-corrected chi connectivity index (χ2v) is 14.0. The van der Waals surface area contributed by atoms with Gasteiger partial charge in [-0.05, 0) is 121 Å². The third-order valence-corrected chi connectivity index (χ3v) is 10.2. The number of aryl methyl sites for hydroxylation is 2. The van der Waals surface area contributed by atoms with Gasteiger partial charge in [-0.2, -0.15) is 0 Å². The van der Waals surface area contributed by atoms with Crippen molar-refractivity contribution < 1.29 is 10.2 Å². The standard InChI is InChI=1S/C33H22O2.C15H16.C3H8.C2H6/c34-27-15-11-21-17-25(13-9-23(21)19-27)33(26-14-10-24-20-28(35)16-12-22(24)18-26)31-7-3-1-5-29(31)30-6-2-4-8-32(30)33;1-3-13-6-10-15(11-7-13)14-8-4-12(2)5-9-14;1-3-2;1-2/h1-20,34-35H;4-11H,3H2,1-2H3;3H2,1-2H3;1-2H3. The van der Waals surface area contributed by atoms with Crippen LogP contribution in [0.15, 0.2) is 170 Å². The zero-order valence-corrected chi connectivity index (χ0v) is 33.0. The van der Waals surface area contributed by atoms with Gasteiger partial charge in [-0.1, -0.05) is 180 Å². The summed E-state index contributed by atoms with van der Waals surface area (Å²) in [4.78, 5) is 0. The Morgan fingerprint density at radius 2 is 0.818 bits per heavy atom. The summed E-state index contributed by atoms with van der Waals surface area (Å²) in [6.07, 6.45) is 2.36. The number of phenolic OH excluding ortho intramolecular Hbond substituents is 2. The molecule has 0 aliphatic heterocycles. The fraction of sp³-hybridized carbons (Fsp3) is 0.170. The van der Waals surface area contributed by atoms with E-state index in [0.29, 0.717) is 0 Å². The van der Waals surface area contributed by atoms with E-state index in [1.165, 1.54) is 62.1 Å². The predicted octanol–water partition coefficient (Wildman–Crippen LogP) is 14.4. The molecule has 0 saturated carbocycles. The Bertz CT molecular complexity index is 2380. The Kier molecular flexibility index (Phi) is 12.2. The zero-order valence-electron chi connectivity index (χ0n) is 33.0. The molecule has 0 aromatic heterocycles. The first-order chi connectivity index (χ1) is 26.8. The molecule has 0 heterocycles. The van der Waals surface area contributed by atoms with Gasteiger partial charge in [0.25, 0.3) is 0 Å². The third-order valence-electron chi connectivity index (χ3n) is 10.2. The molecule has 9 rings (SSSR count). The highest BCUT2D eigenvalue weighted by Crippen LogP contribution is 2.56. The van der Waals surface area contributed by atoms with E-state index in [9.17, 15) is 10.2 Å². The molecule has 0 bridgehead atoms. The van der Waals surface area contributed by atoms with Gasteiger partial charge in [0.05, 0.1) is 5.41 Å². The Morgan fingerprint density at radius 1 is 0.436 bits per heavy atom. The predicted molar refractivity (Wildman–Crippen MR) is 235 cm³/mol. The van der Waals surface area contributed by atoms with Gasteiger partial charge < -0.3 is 10.2 Å². The number of phenols is 2. The van der Waals surface area contributed by atoms with Gasteiger partial charge in [-0.3, -0.25) is 0 Å². The number of fused-ring (bicyclic) bond motifs is 5. The molecule has 2 nitrogen and oxygen atoms in total. The van der Waals surface area contributed by atoms with Gasteiger partial charge in [-0.25, -0.2) is 0 Å². The van der Waals surface area contributed by atoms with Crippen LogP contribution in [0.25, 0.3) is 43.8 Å². The Balaban J connectivity index is 0.000000215. The minimum atomic E-state index is -0.495. The van der Waals surface area contributed by atoms with E-state index < -0.39 is 5.41 Å². The lowest BCUT2D eigenvalue weighted by Gasteiger charge is -2.34. The Morgan fingerprint density at radius 3 is 1.25 bits per heavy atom. The van der Waals surface area contributed by atoms with E-state index in [0.717, 1.165) is 28.0 Å². The number of benzene rings is 8. The summed E-state index contributed by atoms with van der Waals surface area (Å²) in [6.45, 7) is 12.5. The van der Waals surface area contributed by atoms with Gasteiger partial charge in [0, 0.05) is 0 Å². The van der Waals surface area contributed by atoms with Crippen LogP contribution >= 0.6 is 0 Å². The molecule has 2 heteroatoms. The van der Waals surface area contributed by atoms with Crippen molar-refractivity contribution in [1.29, 1.82) is 0 Å². The summed E-state index contributed by atoms with van der Waals surface area (Å²) in [5.74, 6) is 0.545. The largest absolute Gasteiger partial charge is 0.508 e. The first-order valence-corrected chi connectivity index (χ1v) is 19.7. The molecule has 0 atom stereocenters. The van der Waals surface area contributed by atoms with Crippen LogP contribution in [0.4, 0.5) is 0 Å². The van der Waals surface area contributed by atoms with Crippen LogP contribution in [0, 0.1) is 6.92 Å². The van der Waals surface area contributed by atoms with Crippen LogP contribution in [0.2, 0.25) is 0 Å². The average molecular weight is 721 g/mol. The lowest BCUT2D eigenvalue weighted by atomic mass is 9.67. The SMILES string of the molecule is CC.CCC.CCc1ccc(-c2ccc(C)cc2)cc1.Oc1ccc2cc(C3(c4ccc5cc(O)ccc5c4)c4ccccc4-c4ccccc43)ccc2c1. The zero-order chi connectivity index (χ0) is 39.0. The number of hydrogen-bond donors (Lipinski definition) is 2. The lowest BCUT2D eigenvalue weighted by Crippen LogP contribution is -2.28. The van der Waals surface area contributed by atoms with E-state index in [1.54, 1.807) is 12.1 Å². The molecular formula is C53H52O2. The summed E-state index contributed by atoms with van der Waals surface area (Å²) in [5.41, 5.74) is 12.2. The molecule has 55 heavy (non-hydrogen) atoms. The lowest BCUT2D eigenvalue weighted by molar-refractivity contribution is 0.475. The second-order valence-electron chi connectivity index (χ2n) is 14.0. The van der Waals surface area contributed by atoms with Crippen LogP contribution in [0.3, 0.4) is 0 Å². The molecule has 0 spiro atoms. The highest BCUT2D eigenvalue weighted by Gasteiger charge is 2.46. The molecule has 0 amide bonds. The maximum atomic E-state index is 10.0. The van der Waals surface area contributed by atoms with Crippen molar-refractivity contribution in [2.75, 3.05) is 0 Å². The first-order valence-electron chi connectivity index (χ1n) is 19.7. The van der Waals surface area contributed by atoms with Gasteiger partial charge in [0.1, 0.15) is 11.5 Å². The van der Waals surface area contributed by atoms with E-state index in [-0.39, 0.29) is 11.5 Å². The van der Waals surface area contributed by atoms with Crippen molar-refractivity contribution in [3.8, 4) is 33.8 Å². The Hall–Kier alpha value is -6.12. The summed E-state index contributed by atoms with van der Waals surface area (Å²) in [5, 5.41) is 24.2. The normalized spacial score (nSPS) is 11.9. The minimum absolute atomic E-state index is 0.273. The quantitative estimate of drug-likeness (QED) is 0.190.